The first-order valence-corrected chi connectivity index (χ1v) is 9.27. The molecule has 1 aliphatic rings. The summed E-state index contributed by atoms with van der Waals surface area (Å²) in [7, 11) is 3.66. The molecular weight excluding hydrogens is 340 g/mol. The van der Waals surface area contributed by atoms with E-state index in [2.05, 4.69) is 20.9 Å². The molecule has 0 radical (unpaired) electrons. The fourth-order valence-corrected chi connectivity index (χ4v) is 3.71. The van der Waals surface area contributed by atoms with Crippen molar-refractivity contribution in [3.63, 3.8) is 0 Å². The zero-order valence-corrected chi connectivity index (χ0v) is 15.7. The maximum atomic E-state index is 12.8. The maximum Gasteiger partial charge on any atom is 0.229 e. The number of carbonyl (C=O) groups excluding carboxylic acids is 1. The van der Waals surface area contributed by atoms with Gasteiger partial charge in [0.2, 0.25) is 11.9 Å². The molecule has 4 rings (SSSR count). The summed E-state index contributed by atoms with van der Waals surface area (Å²) in [6.45, 7) is 1.60. The number of ether oxygens (including phenoxy) is 1. The van der Waals surface area contributed by atoms with Crippen molar-refractivity contribution in [1.82, 2.24) is 9.55 Å². The third kappa shape index (κ3) is 3.47. The molecule has 2 heterocycles. The molecule has 0 spiro atoms. The standard InChI is InChI=1S/C21H24N4O2/c1-24-19-8-4-3-7-18(19)23-21(24)25-13-5-6-15(14-25)20(26)22-16-9-11-17(27-2)12-10-16/h3-4,7-12,15H,5-6,13-14H2,1-2H3,(H,22,26)/t15-/m1/s1. The van der Waals surface area contributed by atoms with Gasteiger partial charge in [0.25, 0.3) is 0 Å². The van der Waals surface area contributed by atoms with E-state index >= 15 is 0 Å². The molecule has 2 aromatic carbocycles. The lowest BCUT2D eigenvalue weighted by Crippen LogP contribution is -2.41. The van der Waals surface area contributed by atoms with Gasteiger partial charge in [-0.15, -0.1) is 0 Å². The fraction of sp³-hybridized carbons (Fsp3) is 0.333. The van der Waals surface area contributed by atoms with Gasteiger partial charge < -0.3 is 19.5 Å². The summed E-state index contributed by atoms with van der Waals surface area (Å²) in [6, 6.07) is 15.5. The highest BCUT2D eigenvalue weighted by atomic mass is 16.5. The second-order valence-corrected chi connectivity index (χ2v) is 6.96. The number of amides is 1. The molecule has 1 atom stereocenters. The topological polar surface area (TPSA) is 59.4 Å². The van der Waals surface area contributed by atoms with Crippen molar-refractivity contribution in [2.24, 2.45) is 13.0 Å². The normalized spacial score (nSPS) is 17.1. The van der Waals surface area contributed by atoms with Crippen molar-refractivity contribution in [2.75, 3.05) is 30.4 Å². The van der Waals surface area contributed by atoms with E-state index in [1.54, 1.807) is 7.11 Å². The highest BCUT2D eigenvalue weighted by Gasteiger charge is 2.28. The van der Waals surface area contributed by atoms with Crippen LogP contribution in [0.3, 0.4) is 0 Å². The number of fused-ring (bicyclic) bond motifs is 1. The Morgan fingerprint density at radius 1 is 1.19 bits per heavy atom. The summed E-state index contributed by atoms with van der Waals surface area (Å²) in [5.41, 5.74) is 2.89. The van der Waals surface area contributed by atoms with E-state index in [4.69, 9.17) is 9.72 Å². The Kier molecular flexibility index (Phi) is 4.71. The Bertz CT molecular complexity index is 948. The number of hydrogen-bond acceptors (Lipinski definition) is 4. The van der Waals surface area contributed by atoms with E-state index in [1.165, 1.54) is 0 Å². The molecule has 1 saturated heterocycles. The molecule has 0 unspecified atom stereocenters. The van der Waals surface area contributed by atoms with Crippen LogP contribution in [0.4, 0.5) is 11.6 Å². The number of piperidine rings is 1. The van der Waals surface area contributed by atoms with Gasteiger partial charge in [-0.25, -0.2) is 4.98 Å². The van der Waals surface area contributed by atoms with Gasteiger partial charge in [0.05, 0.1) is 24.1 Å². The van der Waals surface area contributed by atoms with Gasteiger partial charge in [-0.1, -0.05) is 12.1 Å². The second kappa shape index (κ2) is 7.31. The lowest BCUT2D eigenvalue weighted by molar-refractivity contribution is -0.120. The molecule has 3 aromatic rings. The average Bonchev–Trinajstić information content (AvgIpc) is 3.05. The minimum Gasteiger partial charge on any atom is -0.497 e. The third-order valence-corrected chi connectivity index (χ3v) is 5.20. The van der Waals surface area contributed by atoms with Crippen molar-refractivity contribution in [2.45, 2.75) is 12.8 Å². The molecule has 27 heavy (non-hydrogen) atoms. The molecular formula is C21H24N4O2. The quantitative estimate of drug-likeness (QED) is 0.770. The van der Waals surface area contributed by atoms with E-state index in [0.717, 1.165) is 47.8 Å². The van der Waals surface area contributed by atoms with E-state index in [1.807, 2.05) is 49.5 Å². The van der Waals surface area contributed by atoms with Crippen LogP contribution in [0, 0.1) is 5.92 Å². The first kappa shape index (κ1) is 17.4. The molecule has 1 fully saturated rings. The predicted octanol–water partition coefficient (Wildman–Crippen LogP) is 3.44. The average molecular weight is 364 g/mol. The predicted molar refractivity (Wildman–Crippen MR) is 107 cm³/mol. The number of anilines is 2. The van der Waals surface area contributed by atoms with Gasteiger partial charge in [0.1, 0.15) is 5.75 Å². The summed E-state index contributed by atoms with van der Waals surface area (Å²) >= 11 is 0. The molecule has 6 heteroatoms. The van der Waals surface area contributed by atoms with Crippen LogP contribution in [-0.4, -0.2) is 35.7 Å². The molecule has 1 aliphatic heterocycles. The number of nitrogens with one attached hydrogen (secondary N) is 1. The summed E-state index contributed by atoms with van der Waals surface area (Å²) in [6.07, 6.45) is 1.87. The van der Waals surface area contributed by atoms with Crippen LogP contribution < -0.4 is 15.0 Å². The Balaban J connectivity index is 1.48. The number of aromatic nitrogens is 2. The highest BCUT2D eigenvalue weighted by molar-refractivity contribution is 5.93. The van der Waals surface area contributed by atoms with Crippen LogP contribution in [-0.2, 0) is 11.8 Å². The minimum atomic E-state index is -0.0549. The molecule has 1 N–H and O–H groups in total. The molecule has 0 aliphatic carbocycles. The van der Waals surface area contributed by atoms with Gasteiger partial charge in [0.15, 0.2) is 0 Å². The zero-order chi connectivity index (χ0) is 18.8. The Labute approximate surface area is 158 Å². The molecule has 140 valence electrons. The third-order valence-electron chi connectivity index (χ3n) is 5.20. The Morgan fingerprint density at radius 2 is 1.96 bits per heavy atom. The Hall–Kier alpha value is -3.02. The van der Waals surface area contributed by atoms with Gasteiger partial charge in [-0.05, 0) is 49.2 Å². The molecule has 1 amide bonds. The SMILES string of the molecule is COc1ccc(NC(=O)[C@@H]2CCCN(c3nc4ccccc4n3C)C2)cc1. The molecule has 6 nitrogen and oxygen atoms in total. The number of benzene rings is 2. The van der Waals surface area contributed by atoms with Crippen molar-refractivity contribution in [1.29, 1.82) is 0 Å². The van der Waals surface area contributed by atoms with Crippen molar-refractivity contribution in [3.8, 4) is 5.75 Å². The van der Waals surface area contributed by atoms with Crippen molar-refractivity contribution in [3.05, 3.63) is 48.5 Å². The maximum absolute atomic E-state index is 12.8. The number of para-hydroxylation sites is 2. The Morgan fingerprint density at radius 3 is 2.70 bits per heavy atom. The highest BCUT2D eigenvalue weighted by Crippen LogP contribution is 2.26. The summed E-state index contributed by atoms with van der Waals surface area (Å²) in [4.78, 5) is 19.8. The number of nitrogens with zero attached hydrogens (tertiary/aromatic N) is 3. The number of rotatable bonds is 4. The molecule has 1 aromatic heterocycles. The van der Waals surface area contributed by atoms with E-state index in [-0.39, 0.29) is 11.8 Å². The minimum absolute atomic E-state index is 0.0549. The zero-order valence-electron chi connectivity index (χ0n) is 15.7. The first-order chi connectivity index (χ1) is 13.2. The van der Waals surface area contributed by atoms with Crippen molar-refractivity contribution < 1.29 is 9.53 Å². The summed E-state index contributed by atoms with van der Waals surface area (Å²) in [5, 5.41) is 3.03. The number of aryl methyl sites for hydroxylation is 1. The van der Waals surface area contributed by atoms with Crippen LogP contribution in [0.5, 0.6) is 5.75 Å². The van der Waals surface area contributed by atoms with Crippen LogP contribution in [0.15, 0.2) is 48.5 Å². The monoisotopic (exact) mass is 364 g/mol. The lowest BCUT2D eigenvalue weighted by atomic mass is 9.97. The fourth-order valence-electron chi connectivity index (χ4n) is 3.71. The number of methoxy groups -OCH3 is 1. The van der Waals surface area contributed by atoms with Crippen molar-refractivity contribution >= 4 is 28.6 Å². The van der Waals surface area contributed by atoms with Crippen LogP contribution in [0.1, 0.15) is 12.8 Å². The smallest absolute Gasteiger partial charge is 0.229 e. The first-order valence-electron chi connectivity index (χ1n) is 9.27. The number of imidazole rings is 1. The van der Waals surface area contributed by atoms with Crippen LogP contribution >= 0.6 is 0 Å². The second-order valence-electron chi connectivity index (χ2n) is 6.96. The summed E-state index contributed by atoms with van der Waals surface area (Å²) < 4.78 is 7.27. The van der Waals surface area contributed by atoms with Crippen LogP contribution in [0.2, 0.25) is 0 Å². The molecule has 0 bridgehead atoms. The summed E-state index contributed by atoms with van der Waals surface area (Å²) in [5.74, 6) is 1.71. The van der Waals surface area contributed by atoms with Gasteiger partial charge in [-0.3, -0.25) is 4.79 Å². The van der Waals surface area contributed by atoms with E-state index in [0.29, 0.717) is 6.54 Å². The van der Waals surface area contributed by atoms with Gasteiger partial charge in [0, 0.05) is 25.8 Å². The molecule has 0 saturated carbocycles. The number of carbonyl (C=O) groups is 1. The van der Waals surface area contributed by atoms with Crippen LogP contribution in [0.25, 0.3) is 11.0 Å². The lowest BCUT2D eigenvalue weighted by Gasteiger charge is -2.32. The van der Waals surface area contributed by atoms with E-state index < -0.39 is 0 Å². The van der Waals surface area contributed by atoms with E-state index in [9.17, 15) is 4.79 Å². The van der Waals surface area contributed by atoms with Gasteiger partial charge in [-0.2, -0.15) is 0 Å². The van der Waals surface area contributed by atoms with Gasteiger partial charge >= 0.3 is 0 Å². The number of hydrogen-bond donors (Lipinski definition) is 1. The largest absolute Gasteiger partial charge is 0.497 e.